The van der Waals surface area contributed by atoms with Crippen LogP contribution in [0.2, 0.25) is 0 Å². The van der Waals surface area contributed by atoms with Crippen LogP contribution in [0.3, 0.4) is 0 Å². The molecule has 0 bridgehead atoms. The van der Waals surface area contributed by atoms with E-state index in [1.807, 2.05) is 42.5 Å². The monoisotopic (exact) mass is 520 g/mol. The Morgan fingerprint density at radius 2 is 1.42 bits per heavy atom. The number of ether oxygens (including phenoxy) is 1. The molecule has 0 radical (unpaired) electrons. The van der Waals surface area contributed by atoms with Crippen LogP contribution in [-0.2, 0) is 17.8 Å². The third kappa shape index (κ3) is 5.26. The molecule has 188 valence electrons. The smallest absolute Gasteiger partial charge is 0.277 e. The summed E-state index contributed by atoms with van der Waals surface area (Å²) in [5.41, 5.74) is 3.05. The van der Waals surface area contributed by atoms with Crippen molar-refractivity contribution in [2.75, 3.05) is 11.1 Å². The van der Waals surface area contributed by atoms with E-state index in [2.05, 4.69) is 68.6 Å². The number of aromatic nitrogens is 3. The average molecular weight is 521 g/mol. The van der Waals surface area contributed by atoms with Gasteiger partial charge in [-0.05, 0) is 48.5 Å². The van der Waals surface area contributed by atoms with Crippen LogP contribution in [0.1, 0.15) is 5.89 Å². The second-order valence-electron chi connectivity index (χ2n) is 8.67. The number of anilines is 1. The van der Waals surface area contributed by atoms with Gasteiger partial charge in [0.1, 0.15) is 11.5 Å². The highest BCUT2D eigenvalue weighted by Crippen LogP contribution is 2.29. The fourth-order valence-electron chi connectivity index (χ4n) is 4.40. The molecule has 2 heterocycles. The number of amides is 1. The first-order valence-corrected chi connectivity index (χ1v) is 13.3. The summed E-state index contributed by atoms with van der Waals surface area (Å²) < 4.78 is 13.9. The summed E-state index contributed by atoms with van der Waals surface area (Å²) in [7, 11) is 0. The summed E-state index contributed by atoms with van der Waals surface area (Å²) in [5.74, 6) is 2.01. The molecule has 1 N–H and O–H groups in total. The minimum atomic E-state index is -0.156. The first-order valence-electron chi connectivity index (χ1n) is 12.3. The third-order valence-electron chi connectivity index (χ3n) is 6.12. The molecule has 0 spiro atoms. The first kappa shape index (κ1) is 23.8. The standard InChI is InChI=1S/C30H24N4O3S/c35-28(31-21-14-16-23(17-15-21)36-22-8-2-1-3-9-22)20-38-30-33-32-29(37-30)18-19-34-26-12-6-4-10-24(26)25-11-5-7-13-27(25)34/h1-17H,18-20H2,(H,31,35). The lowest BCUT2D eigenvalue weighted by atomic mass is 10.2. The van der Waals surface area contributed by atoms with Gasteiger partial charge in [-0.25, -0.2) is 0 Å². The van der Waals surface area contributed by atoms with Crippen molar-refractivity contribution in [2.45, 2.75) is 18.2 Å². The van der Waals surface area contributed by atoms with E-state index in [1.165, 1.54) is 33.6 Å². The summed E-state index contributed by atoms with van der Waals surface area (Å²) in [6, 6.07) is 33.6. The van der Waals surface area contributed by atoms with Gasteiger partial charge in [-0.1, -0.05) is 66.4 Å². The van der Waals surface area contributed by atoms with Crippen molar-refractivity contribution in [1.29, 1.82) is 0 Å². The third-order valence-corrected chi connectivity index (χ3v) is 6.94. The van der Waals surface area contributed by atoms with Crippen LogP contribution < -0.4 is 10.1 Å². The van der Waals surface area contributed by atoms with Gasteiger partial charge in [0.05, 0.1) is 5.75 Å². The molecule has 0 saturated carbocycles. The molecule has 7 nitrogen and oxygen atoms in total. The Balaban J connectivity index is 1.03. The summed E-state index contributed by atoms with van der Waals surface area (Å²) >= 11 is 1.22. The summed E-state index contributed by atoms with van der Waals surface area (Å²) in [6.07, 6.45) is 0.597. The van der Waals surface area contributed by atoms with Gasteiger partial charge in [-0.15, -0.1) is 10.2 Å². The van der Waals surface area contributed by atoms with E-state index in [0.29, 0.717) is 35.5 Å². The number of nitrogens with one attached hydrogen (secondary N) is 1. The maximum Gasteiger partial charge on any atom is 0.277 e. The van der Waals surface area contributed by atoms with E-state index in [0.717, 1.165) is 5.75 Å². The number of hydrogen-bond donors (Lipinski definition) is 1. The van der Waals surface area contributed by atoms with Crippen LogP contribution in [0.25, 0.3) is 21.8 Å². The fraction of sp³-hybridized carbons (Fsp3) is 0.100. The normalized spacial score (nSPS) is 11.2. The van der Waals surface area contributed by atoms with Crippen LogP contribution in [0.15, 0.2) is 113 Å². The van der Waals surface area contributed by atoms with Crippen molar-refractivity contribution in [1.82, 2.24) is 14.8 Å². The number of hydrogen-bond acceptors (Lipinski definition) is 6. The number of carbonyl (C=O) groups is 1. The maximum absolute atomic E-state index is 12.4. The van der Waals surface area contributed by atoms with Gasteiger partial charge in [0.25, 0.3) is 5.22 Å². The van der Waals surface area contributed by atoms with Crippen molar-refractivity contribution >= 4 is 45.2 Å². The lowest BCUT2D eigenvalue weighted by Gasteiger charge is -2.07. The molecule has 6 rings (SSSR count). The van der Waals surface area contributed by atoms with Crippen molar-refractivity contribution < 1.29 is 13.9 Å². The predicted molar refractivity (Wildman–Crippen MR) is 150 cm³/mol. The van der Waals surface area contributed by atoms with E-state index >= 15 is 0 Å². The molecule has 2 aromatic heterocycles. The molecule has 0 fully saturated rings. The molecule has 8 heteroatoms. The topological polar surface area (TPSA) is 82.2 Å². The largest absolute Gasteiger partial charge is 0.457 e. The van der Waals surface area contributed by atoms with Crippen LogP contribution >= 0.6 is 11.8 Å². The van der Waals surface area contributed by atoms with Crippen molar-refractivity contribution in [3.63, 3.8) is 0 Å². The van der Waals surface area contributed by atoms with Crippen LogP contribution in [-0.4, -0.2) is 26.4 Å². The number of nitrogens with zero attached hydrogens (tertiary/aromatic N) is 3. The number of aryl methyl sites for hydroxylation is 2. The fourth-order valence-corrected chi connectivity index (χ4v) is 4.98. The van der Waals surface area contributed by atoms with Crippen molar-refractivity contribution in [2.24, 2.45) is 0 Å². The number of fused-ring (bicyclic) bond motifs is 3. The van der Waals surface area contributed by atoms with Gasteiger partial charge >= 0.3 is 0 Å². The lowest BCUT2D eigenvalue weighted by molar-refractivity contribution is -0.113. The molecule has 0 atom stereocenters. The Morgan fingerprint density at radius 3 is 2.13 bits per heavy atom. The number of para-hydroxylation sites is 3. The quantitative estimate of drug-likeness (QED) is 0.208. The Kier molecular flexibility index (Phi) is 6.78. The lowest BCUT2D eigenvalue weighted by Crippen LogP contribution is -2.13. The Hall–Kier alpha value is -4.56. The van der Waals surface area contributed by atoms with Gasteiger partial charge in [-0.2, -0.15) is 0 Å². The molecule has 0 aliphatic heterocycles. The molecule has 0 aliphatic carbocycles. The minimum Gasteiger partial charge on any atom is -0.457 e. The molecule has 0 unspecified atom stereocenters. The molecule has 38 heavy (non-hydrogen) atoms. The number of benzene rings is 4. The van der Waals surface area contributed by atoms with E-state index in [-0.39, 0.29) is 11.7 Å². The maximum atomic E-state index is 12.4. The Morgan fingerprint density at radius 1 is 0.789 bits per heavy atom. The van der Waals surface area contributed by atoms with E-state index in [9.17, 15) is 4.79 Å². The van der Waals surface area contributed by atoms with Gasteiger partial charge in [0.15, 0.2) is 0 Å². The molecular weight excluding hydrogens is 496 g/mol. The zero-order valence-corrected chi connectivity index (χ0v) is 21.2. The number of rotatable bonds is 9. The second-order valence-corrected chi connectivity index (χ2v) is 9.60. The summed E-state index contributed by atoms with van der Waals surface area (Å²) in [4.78, 5) is 12.4. The highest BCUT2D eigenvalue weighted by Gasteiger charge is 2.13. The van der Waals surface area contributed by atoms with E-state index < -0.39 is 0 Å². The second kappa shape index (κ2) is 10.8. The molecule has 0 aliphatic rings. The molecule has 6 aromatic rings. The van der Waals surface area contributed by atoms with Gasteiger partial charge in [-0.3, -0.25) is 4.79 Å². The Labute approximate surface area is 223 Å². The Bertz CT molecular complexity index is 1640. The molecular formula is C30H24N4O3S. The van der Waals surface area contributed by atoms with Crippen LogP contribution in [0.4, 0.5) is 5.69 Å². The van der Waals surface area contributed by atoms with Crippen molar-refractivity contribution in [3.8, 4) is 11.5 Å². The summed E-state index contributed by atoms with van der Waals surface area (Å²) in [6.45, 7) is 0.713. The van der Waals surface area contributed by atoms with Gasteiger partial charge in [0, 0.05) is 40.5 Å². The first-order chi connectivity index (χ1) is 18.7. The minimum absolute atomic E-state index is 0.156. The highest BCUT2D eigenvalue weighted by atomic mass is 32.2. The molecule has 0 saturated heterocycles. The SMILES string of the molecule is O=C(CSc1nnc(CCn2c3ccccc3c3ccccc32)o1)Nc1ccc(Oc2ccccc2)cc1. The predicted octanol–water partition coefficient (Wildman–Crippen LogP) is 6.94. The van der Waals surface area contributed by atoms with E-state index in [1.54, 1.807) is 12.1 Å². The van der Waals surface area contributed by atoms with Crippen molar-refractivity contribution in [3.05, 3.63) is 109 Å². The van der Waals surface area contributed by atoms with Gasteiger partial charge in [0.2, 0.25) is 11.8 Å². The van der Waals surface area contributed by atoms with E-state index in [4.69, 9.17) is 9.15 Å². The molecule has 4 aromatic carbocycles. The average Bonchev–Trinajstić information content (AvgIpc) is 3.55. The summed E-state index contributed by atoms with van der Waals surface area (Å²) in [5, 5.41) is 14.0. The molecule has 1 amide bonds. The van der Waals surface area contributed by atoms with Crippen LogP contribution in [0, 0.1) is 0 Å². The number of carbonyl (C=O) groups excluding carboxylic acids is 1. The van der Waals surface area contributed by atoms with Crippen LogP contribution in [0.5, 0.6) is 11.5 Å². The number of thioether (sulfide) groups is 1. The zero-order chi connectivity index (χ0) is 25.7. The van der Waals surface area contributed by atoms with Gasteiger partial charge < -0.3 is 19.0 Å². The zero-order valence-electron chi connectivity index (χ0n) is 20.4. The highest BCUT2D eigenvalue weighted by molar-refractivity contribution is 7.99.